The quantitative estimate of drug-likeness (QED) is 0.109. The Kier molecular flexibility index (Phi) is 7.38. The largest absolute Gasteiger partial charge is 0.459 e. The van der Waals surface area contributed by atoms with Gasteiger partial charge in [-0.05, 0) is 72.9 Å². The normalized spacial score (nSPS) is 16.3. The number of pyridine rings is 1. The molecular weight excluding hydrogens is 574 g/mol. The van der Waals surface area contributed by atoms with E-state index in [1.807, 2.05) is 53.4 Å². The van der Waals surface area contributed by atoms with E-state index < -0.39 is 15.9 Å². The lowest BCUT2D eigenvalue weighted by Crippen LogP contribution is -2.29. The van der Waals surface area contributed by atoms with Gasteiger partial charge in [0.25, 0.3) is 11.4 Å². The molecular formula is C30H21N5O5S2. The summed E-state index contributed by atoms with van der Waals surface area (Å²) in [6.45, 7) is 0. The van der Waals surface area contributed by atoms with Crippen LogP contribution in [0.4, 0.5) is 17.1 Å². The van der Waals surface area contributed by atoms with Crippen LogP contribution in [-0.2, 0) is 0 Å². The van der Waals surface area contributed by atoms with Crippen molar-refractivity contribution in [3.63, 3.8) is 0 Å². The Morgan fingerprint density at radius 3 is 2.21 bits per heavy atom. The third kappa shape index (κ3) is 5.45. The Labute approximate surface area is 249 Å². The third-order valence-corrected chi connectivity index (χ3v) is 8.09. The average Bonchev–Trinajstić information content (AvgIpc) is 3.63. The summed E-state index contributed by atoms with van der Waals surface area (Å²) in [6.07, 6.45) is 1.72. The number of hydrogen-bond donors (Lipinski definition) is 1. The summed E-state index contributed by atoms with van der Waals surface area (Å²) < 4.78 is 6.33. The first kappa shape index (κ1) is 27.1. The van der Waals surface area contributed by atoms with Crippen molar-refractivity contribution in [1.29, 1.82) is 0 Å². The van der Waals surface area contributed by atoms with Crippen LogP contribution in [0, 0.1) is 20.2 Å². The molecule has 2 aromatic heterocycles. The van der Waals surface area contributed by atoms with Crippen molar-refractivity contribution in [2.24, 2.45) is 0 Å². The van der Waals surface area contributed by atoms with Crippen molar-refractivity contribution >= 4 is 46.2 Å². The number of nitro groups is 2. The second-order valence-electron chi connectivity index (χ2n) is 9.35. The van der Waals surface area contributed by atoms with Crippen molar-refractivity contribution in [3.05, 3.63) is 141 Å². The van der Waals surface area contributed by atoms with Gasteiger partial charge in [-0.1, -0.05) is 30.0 Å². The van der Waals surface area contributed by atoms with Crippen LogP contribution in [0.3, 0.4) is 0 Å². The van der Waals surface area contributed by atoms with Gasteiger partial charge >= 0.3 is 0 Å². The highest BCUT2D eigenvalue weighted by atomic mass is 32.2. The maximum absolute atomic E-state index is 11.3. The monoisotopic (exact) mass is 595 g/mol. The van der Waals surface area contributed by atoms with Crippen LogP contribution < -0.4 is 10.2 Å². The minimum Gasteiger partial charge on any atom is -0.459 e. The van der Waals surface area contributed by atoms with E-state index in [0.717, 1.165) is 21.2 Å². The molecule has 1 aliphatic rings. The lowest BCUT2D eigenvalue weighted by Gasteiger charge is -2.26. The molecule has 1 N–H and O–H groups in total. The number of nitrogens with zero attached hydrogens (tertiary/aromatic N) is 4. The summed E-state index contributed by atoms with van der Waals surface area (Å²) in [6, 6.07) is 29.2. The van der Waals surface area contributed by atoms with Crippen LogP contribution in [-0.4, -0.2) is 19.9 Å². The molecule has 0 spiro atoms. The Balaban J connectivity index is 1.32. The fourth-order valence-electron chi connectivity index (χ4n) is 4.81. The number of benzene rings is 3. The second-order valence-corrected chi connectivity index (χ2v) is 10.9. The number of aromatic nitrogens is 1. The van der Waals surface area contributed by atoms with Crippen LogP contribution in [0.15, 0.2) is 124 Å². The van der Waals surface area contributed by atoms with E-state index in [1.165, 1.54) is 36.0 Å². The average molecular weight is 596 g/mol. The summed E-state index contributed by atoms with van der Waals surface area (Å²) in [7, 11) is 0. The highest BCUT2D eigenvalue weighted by Gasteiger charge is 2.42. The molecule has 3 heterocycles. The molecule has 2 atom stereocenters. The summed E-state index contributed by atoms with van der Waals surface area (Å²) in [5, 5.41) is 26.2. The molecule has 12 heteroatoms. The van der Waals surface area contributed by atoms with Gasteiger partial charge in [-0.3, -0.25) is 25.2 Å². The highest BCUT2D eigenvalue weighted by Crippen LogP contribution is 2.43. The van der Waals surface area contributed by atoms with Crippen LogP contribution >= 0.6 is 24.0 Å². The molecule has 0 saturated carbocycles. The second kappa shape index (κ2) is 11.4. The Morgan fingerprint density at radius 2 is 1.55 bits per heavy atom. The summed E-state index contributed by atoms with van der Waals surface area (Å²) in [4.78, 5) is 29.8. The fourth-order valence-corrected chi connectivity index (χ4v) is 5.97. The fraction of sp³-hybridized carbons (Fsp3) is 0.0667. The van der Waals surface area contributed by atoms with Crippen LogP contribution in [0.25, 0.3) is 11.3 Å². The molecule has 10 nitrogen and oxygen atoms in total. The highest BCUT2D eigenvalue weighted by molar-refractivity contribution is 7.99. The first-order chi connectivity index (χ1) is 20.4. The van der Waals surface area contributed by atoms with Gasteiger partial charge < -0.3 is 14.6 Å². The summed E-state index contributed by atoms with van der Waals surface area (Å²) >= 11 is 7.30. The molecule has 3 aromatic carbocycles. The molecule has 0 unspecified atom stereocenters. The summed E-state index contributed by atoms with van der Waals surface area (Å²) in [5.41, 5.74) is 2.24. The van der Waals surface area contributed by atoms with E-state index in [0.29, 0.717) is 22.2 Å². The zero-order valence-electron chi connectivity index (χ0n) is 21.7. The van der Waals surface area contributed by atoms with Crippen molar-refractivity contribution < 1.29 is 14.3 Å². The SMILES string of the molecule is O=[N+]([O-])c1ccc(Sc2ccc(N3C(=S)N[C@@H](c4ccccn4)[C@@H]3c3ccc(-c4cccc([N+](=O)[O-])c4)o3)cc2)cc1. The van der Waals surface area contributed by atoms with E-state index in [1.54, 1.807) is 36.5 Å². The lowest BCUT2D eigenvalue weighted by molar-refractivity contribution is -0.385. The molecule has 1 aliphatic heterocycles. The number of thiocarbonyl (C=S) groups is 1. The van der Waals surface area contributed by atoms with Crippen LogP contribution in [0.1, 0.15) is 23.5 Å². The standard InChI is InChI=1S/C30H21N5O5S2/c36-34(37)21-9-13-24(14-10-21)42-23-11-7-20(8-12-23)33-29(28(32-30(33)41)25-6-1-2-17-31-25)27-16-15-26(40-27)19-4-3-5-22(18-19)35(38)39/h1-18,28-29H,(H,32,41)/t28-,29-/m0/s1. The zero-order chi connectivity index (χ0) is 29.2. The van der Waals surface area contributed by atoms with Gasteiger partial charge in [0.1, 0.15) is 17.6 Å². The predicted molar refractivity (Wildman–Crippen MR) is 162 cm³/mol. The molecule has 0 bridgehead atoms. The number of hydrogen-bond acceptors (Lipinski definition) is 8. The number of nitrogens with one attached hydrogen (secondary N) is 1. The van der Waals surface area contributed by atoms with Crippen molar-refractivity contribution in [3.8, 4) is 11.3 Å². The molecule has 1 fully saturated rings. The Bertz CT molecular complexity index is 1780. The maximum Gasteiger partial charge on any atom is 0.270 e. The van der Waals surface area contributed by atoms with E-state index in [2.05, 4.69) is 10.3 Å². The number of nitro benzene ring substituents is 2. The molecule has 5 aromatic rings. The van der Waals surface area contributed by atoms with Gasteiger partial charge in [0.15, 0.2) is 5.11 Å². The molecule has 1 saturated heterocycles. The Hall–Kier alpha value is -5.07. The number of rotatable bonds is 8. The van der Waals surface area contributed by atoms with E-state index in [9.17, 15) is 20.2 Å². The van der Waals surface area contributed by atoms with Gasteiger partial charge in [-0.15, -0.1) is 0 Å². The molecule has 42 heavy (non-hydrogen) atoms. The number of furan rings is 1. The van der Waals surface area contributed by atoms with Crippen molar-refractivity contribution in [2.45, 2.75) is 21.9 Å². The van der Waals surface area contributed by atoms with Gasteiger partial charge in [-0.2, -0.15) is 0 Å². The van der Waals surface area contributed by atoms with Gasteiger partial charge in [-0.25, -0.2) is 0 Å². The lowest BCUT2D eigenvalue weighted by atomic mass is 10.0. The molecule has 0 amide bonds. The molecule has 0 radical (unpaired) electrons. The first-order valence-electron chi connectivity index (χ1n) is 12.7. The predicted octanol–water partition coefficient (Wildman–Crippen LogP) is 7.49. The Morgan fingerprint density at radius 1 is 0.833 bits per heavy atom. The van der Waals surface area contributed by atoms with Gasteiger partial charge in [0.2, 0.25) is 0 Å². The third-order valence-electron chi connectivity index (χ3n) is 6.76. The molecule has 0 aliphatic carbocycles. The van der Waals surface area contributed by atoms with Crippen molar-refractivity contribution in [1.82, 2.24) is 10.3 Å². The topological polar surface area (TPSA) is 128 Å². The van der Waals surface area contributed by atoms with Gasteiger partial charge in [0, 0.05) is 51.5 Å². The van der Waals surface area contributed by atoms with Gasteiger partial charge in [0.05, 0.1) is 21.6 Å². The minimum absolute atomic E-state index is 0.0196. The molecule has 6 rings (SSSR count). The smallest absolute Gasteiger partial charge is 0.270 e. The number of anilines is 1. The zero-order valence-corrected chi connectivity index (χ0v) is 23.3. The van der Waals surface area contributed by atoms with E-state index in [4.69, 9.17) is 16.6 Å². The maximum atomic E-state index is 11.3. The molecule has 208 valence electrons. The first-order valence-corrected chi connectivity index (χ1v) is 14.0. The summed E-state index contributed by atoms with van der Waals surface area (Å²) in [5.74, 6) is 1.12. The number of non-ortho nitro benzene ring substituents is 2. The van der Waals surface area contributed by atoms with Crippen molar-refractivity contribution in [2.75, 3.05) is 4.90 Å². The van der Waals surface area contributed by atoms with E-state index in [-0.39, 0.29) is 17.4 Å². The van der Waals surface area contributed by atoms with E-state index >= 15 is 0 Å². The van der Waals surface area contributed by atoms with Crippen LogP contribution in [0.5, 0.6) is 0 Å². The minimum atomic E-state index is -0.435. The van der Waals surface area contributed by atoms with Crippen LogP contribution in [0.2, 0.25) is 0 Å².